The van der Waals surface area contributed by atoms with Gasteiger partial charge in [-0.05, 0) is 48.2 Å². The molecule has 0 spiro atoms. The van der Waals surface area contributed by atoms with Gasteiger partial charge in [0.1, 0.15) is 6.10 Å². The first-order valence-electron chi connectivity index (χ1n) is 7.77. The highest BCUT2D eigenvalue weighted by Gasteiger charge is 2.22. The number of fused-ring (bicyclic) bond motifs is 1. The van der Waals surface area contributed by atoms with Crippen molar-refractivity contribution in [1.82, 2.24) is 0 Å². The molecule has 1 aliphatic rings. The monoisotopic (exact) mass is 309 g/mol. The number of nitrogens with one attached hydrogen (secondary N) is 1. The number of ether oxygens (including phenoxy) is 1. The van der Waals surface area contributed by atoms with Crippen LogP contribution in [0.1, 0.15) is 34.8 Å². The molecule has 0 aliphatic heterocycles. The Morgan fingerprint density at radius 2 is 1.74 bits per heavy atom. The Morgan fingerprint density at radius 3 is 2.43 bits per heavy atom. The van der Waals surface area contributed by atoms with E-state index in [0.29, 0.717) is 11.3 Å². The molecule has 0 heterocycles. The molecule has 2 aromatic carbocycles. The lowest BCUT2D eigenvalue weighted by Crippen LogP contribution is -2.25. The van der Waals surface area contributed by atoms with Crippen LogP contribution in [0.25, 0.3) is 0 Å². The summed E-state index contributed by atoms with van der Waals surface area (Å²) in [6, 6.07) is 15.0. The van der Waals surface area contributed by atoms with Crippen LogP contribution in [0.15, 0.2) is 48.5 Å². The average molecular weight is 309 g/mol. The molecule has 0 aromatic heterocycles. The maximum atomic E-state index is 12.2. The van der Waals surface area contributed by atoms with Gasteiger partial charge in [0.2, 0.25) is 5.91 Å². The third kappa shape index (κ3) is 3.77. The Balaban J connectivity index is 1.62. The number of amides is 1. The Morgan fingerprint density at radius 1 is 1.04 bits per heavy atom. The number of anilines is 1. The minimum absolute atomic E-state index is 0.0765. The highest BCUT2D eigenvalue weighted by molar-refractivity contribution is 5.92. The lowest BCUT2D eigenvalue weighted by molar-refractivity contribution is -0.114. The maximum absolute atomic E-state index is 12.2. The second kappa shape index (κ2) is 6.65. The summed E-state index contributed by atoms with van der Waals surface area (Å²) in [4.78, 5) is 23.2. The molecule has 0 radical (unpaired) electrons. The summed E-state index contributed by atoms with van der Waals surface area (Å²) in [7, 11) is 0. The van der Waals surface area contributed by atoms with Crippen LogP contribution in [-0.4, -0.2) is 18.0 Å². The van der Waals surface area contributed by atoms with E-state index in [0.717, 1.165) is 19.3 Å². The van der Waals surface area contributed by atoms with Gasteiger partial charge in [-0.1, -0.05) is 24.3 Å². The van der Waals surface area contributed by atoms with Gasteiger partial charge in [-0.25, -0.2) is 4.79 Å². The number of rotatable bonds is 3. The third-order valence-electron chi connectivity index (χ3n) is 4.02. The van der Waals surface area contributed by atoms with Gasteiger partial charge < -0.3 is 10.1 Å². The summed E-state index contributed by atoms with van der Waals surface area (Å²) in [6.07, 6.45) is 2.49. The number of aryl methyl sites for hydroxylation is 1. The number of esters is 1. The Hall–Kier alpha value is -2.62. The summed E-state index contributed by atoms with van der Waals surface area (Å²) < 4.78 is 5.63. The minimum Gasteiger partial charge on any atom is -0.458 e. The molecule has 1 aliphatic carbocycles. The molecular weight excluding hydrogens is 290 g/mol. The van der Waals surface area contributed by atoms with Crippen molar-refractivity contribution in [2.75, 3.05) is 5.32 Å². The predicted octanol–water partition coefficient (Wildman–Crippen LogP) is 3.36. The zero-order valence-corrected chi connectivity index (χ0v) is 13.0. The quantitative estimate of drug-likeness (QED) is 0.885. The van der Waals surface area contributed by atoms with Gasteiger partial charge in [0.25, 0.3) is 0 Å². The van der Waals surface area contributed by atoms with Crippen molar-refractivity contribution in [3.63, 3.8) is 0 Å². The van der Waals surface area contributed by atoms with Crippen LogP contribution in [0.4, 0.5) is 5.69 Å². The lowest BCUT2D eigenvalue weighted by atomic mass is 9.90. The van der Waals surface area contributed by atoms with Crippen LogP contribution < -0.4 is 5.32 Å². The van der Waals surface area contributed by atoms with Crippen LogP contribution in [0.2, 0.25) is 0 Å². The molecule has 1 amide bonds. The number of benzene rings is 2. The van der Waals surface area contributed by atoms with E-state index in [4.69, 9.17) is 4.74 Å². The first-order chi connectivity index (χ1) is 11.1. The van der Waals surface area contributed by atoms with E-state index in [1.54, 1.807) is 24.3 Å². The van der Waals surface area contributed by atoms with E-state index >= 15 is 0 Å². The molecule has 0 saturated carbocycles. The number of hydrogen-bond acceptors (Lipinski definition) is 3. The fraction of sp³-hybridized carbons (Fsp3) is 0.263. The SMILES string of the molecule is CC(=O)Nc1ccc(C(=O)OC2CCc3ccccc3C2)cc1. The molecule has 118 valence electrons. The van der Waals surface area contributed by atoms with E-state index in [1.807, 2.05) is 12.1 Å². The van der Waals surface area contributed by atoms with Crippen LogP contribution >= 0.6 is 0 Å². The van der Waals surface area contributed by atoms with Crippen LogP contribution in [0.3, 0.4) is 0 Å². The third-order valence-corrected chi connectivity index (χ3v) is 4.02. The van der Waals surface area contributed by atoms with Gasteiger partial charge in [0.05, 0.1) is 5.56 Å². The van der Waals surface area contributed by atoms with Gasteiger partial charge in [0.15, 0.2) is 0 Å². The molecule has 1 N–H and O–H groups in total. The van der Waals surface area contributed by atoms with E-state index in [-0.39, 0.29) is 18.0 Å². The van der Waals surface area contributed by atoms with Crippen molar-refractivity contribution < 1.29 is 14.3 Å². The van der Waals surface area contributed by atoms with Gasteiger partial charge in [0, 0.05) is 19.0 Å². The van der Waals surface area contributed by atoms with Gasteiger partial charge in [-0.3, -0.25) is 4.79 Å². The van der Waals surface area contributed by atoms with E-state index in [1.165, 1.54) is 18.1 Å². The maximum Gasteiger partial charge on any atom is 0.338 e. The predicted molar refractivity (Wildman–Crippen MR) is 88.4 cm³/mol. The molecule has 4 heteroatoms. The van der Waals surface area contributed by atoms with Crippen LogP contribution in [0, 0.1) is 0 Å². The second-order valence-electron chi connectivity index (χ2n) is 5.80. The summed E-state index contributed by atoms with van der Waals surface area (Å²) >= 11 is 0. The van der Waals surface area contributed by atoms with E-state index in [2.05, 4.69) is 17.4 Å². The zero-order chi connectivity index (χ0) is 16.2. The van der Waals surface area contributed by atoms with Crippen molar-refractivity contribution in [3.8, 4) is 0 Å². The normalized spacial score (nSPS) is 16.3. The van der Waals surface area contributed by atoms with E-state index < -0.39 is 0 Å². The molecule has 0 bridgehead atoms. The fourth-order valence-electron chi connectivity index (χ4n) is 2.88. The van der Waals surface area contributed by atoms with Crippen molar-refractivity contribution in [2.45, 2.75) is 32.3 Å². The minimum atomic E-state index is -0.316. The lowest BCUT2D eigenvalue weighted by Gasteiger charge is -2.24. The average Bonchev–Trinajstić information content (AvgIpc) is 2.55. The highest BCUT2D eigenvalue weighted by atomic mass is 16.5. The van der Waals surface area contributed by atoms with Crippen molar-refractivity contribution in [2.24, 2.45) is 0 Å². The number of carbonyl (C=O) groups excluding carboxylic acids is 2. The van der Waals surface area contributed by atoms with E-state index in [9.17, 15) is 9.59 Å². The molecular formula is C19H19NO3. The summed E-state index contributed by atoms with van der Waals surface area (Å²) in [5, 5.41) is 2.67. The molecule has 0 fully saturated rings. The molecule has 4 nitrogen and oxygen atoms in total. The Kier molecular flexibility index (Phi) is 4.42. The molecule has 23 heavy (non-hydrogen) atoms. The standard InChI is InChI=1S/C19H19NO3/c1-13(21)20-17-9-6-15(7-10-17)19(22)23-18-11-8-14-4-2-3-5-16(14)12-18/h2-7,9-10,18H,8,11-12H2,1H3,(H,20,21). The highest BCUT2D eigenvalue weighted by Crippen LogP contribution is 2.24. The second-order valence-corrected chi connectivity index (χ2v) is 5.80. The van der Waals surface area contributed by atoms with Gasteiger partial charge >= 0.3 is 5.97 Å². The summed E-state index contributed by atoms with van der Waals surface area (Å²) in [5.74, 6) is -0.454. The molecule has 1 unspecified atom stereocenters. The van der Waals surface area contributed by atoms with Crippen molar-refractivity contribution >= 4 is 17.6 Å². The number of hydrogen-bond donors (Lipinski definition) is 1. The molecule has 3 rings (SSSR count). The molecule has 0 saturated heterocycles. The van der Waals surface area contributed by atoms with Crippen molar-refractivity contribution in [1.29, 1.82) is 0 Å². The molecule has 1 atom stereocenters. The zero-order valence-electron chi connectivity index (χ0n) is 13.0. The Bertz CT molecular complexity index is 722. The van der Waals surface area contributed by atoms with Crippen LogP contribution in [-0.2, 0) is 22.4 Å². The topological polar surface area (TPSA) is 55.4 Å². The first-order valence-corrected chi connectivity index (χ1v) is 7.77. The number of carbonyl (C=O) groups is 2. The van der Waals surface area contributed by atoms with Crippen LogP contribution in [0.5, 0.6) is 0 Å². The fourth-order valence-corrected chi connectivity index (χ4v) is 2.88. The summed E-state index contributed by atoms with van der Waals surface area (Å²) in [6.45, 7) is 1.45. The van der Waals surface area contributed by atoms with Gasteiger partial charge in [-0.2, -0.15) is 0 Å². The smallest absolute Gasteiger partial charge is 0.338 e. The summed E-state index contributed by atoms with van der Waals surface area (Å²) in [5.41, 5.74) is 3.77. The van der Waals surface area contributed by atoms with Crippen molar-refractivity contribution in [3.05, 3.63) is 65.2 Å². The first kappa shape index (κ1) is 15.3. The molecule has 2 aromatic rings. The largest absolute Gasteiger partial charge is 0.458 e. The van der Waals surface area contributed by atoms with Gasteiger partial charge in [-0.15, -0.1) is 0 Å². The Labute approximate surface area is 135 Å².